The Hall–Kier alpha value is -2.54. The van der Waals surface area contributed by atoms with Crippen LogP contribution >= 0.6 is 11.3 Å². The Kier molecular flexibility index (Phi) is 9.86. The van der Waals surface area contributed by atoms with Gasteiger partial charge < -0.3 is 10.2 Å². The van der Waals surface area contributed by atoms with Gasteiger partial charge in [0.2, 0.25) is 0 Å². The molecule has 0 amide bonds. The van der Waals surface area contributed by atoms with Crippen molar-refractivity contribution in [2.24, 2.45) is 9.98 Å². The summed E-state index contributed by atoms with van der Waals surface area (Å²) >= 11 is 1.44. The number of carbonyl (C=O) groups excluding carboxylic acids is 1. The highest BCUT2D eigenvalue weighted by Crippen LogP contribution is 2.31. The second-order valence-electron chi connectivity index (χ2n) is 5.57. The molecule has 0 fully saturated rings. The summed E-state index contributed by atoms with van der Waals surface area (Å²) < 4.78 is 0. The van der Waals surface area contributed by atoms with Gasteiger partial charge in [0.05, 0.1) is 11.2 Å². The second kappa shape index (κ2) is 11.9. The van der Waals surface area contributed by atoms with Crippen LogP contribution in [-0.2, 0) is 0 Å². The zero-order chi connectivity index (χ0) is 19.4. The first-order valence-corrected chi connectivity index (χ1v) is 9.15. The zero-order valence-electron chi connectivity index (χ0n) is 16.1. The Morgan fingerprint density at radius 2 is 2.12 bits per heavy atom. The van der Waals surface area contributed by atoms with Crippen molar-refractivity contribution in [1.29, 1.82) is 0 Å². The van der Waals surface area contributed by atoms with Crippen molar-refractivity contribution in [3.05, 3.63) is 35.0 Å². The molecule has 1 N–H and O–H groups in total. The predicted molar refractivity (Wildman–Crippen MR) is 114 cm³/mol. The Labute approximate surface area is 159 Å². The molecule has 7 heteroatoms. The van der Waals surface area contributed by atoms with Crippen molar-refractivity contribution in [3.8, 4) is 0 Å². The van der Waals surface area contributed by atoms with E-state index in [9.17, 15) is 4.79 Å². The van der Waals surface area contributed by atoms with E-state index in [4.69, 9.17) is 0 Å². The highest BCUT2D eigenvalue weighted by atomic mass is 32.1. The number of thiophene rings is 1. The summed E-state index contributed by atoms with van der Waals surface area (Å²) in [5, 5.41) is 3.94. The molecule has 0 aliphatic heterocycles. The van der Waals surface area contributed by atoms with E-state index in [0.29, 0.717) is 0 Å². The number of nitrogens with zero attached hydrogens (tertiary/aromatic N) is 4. The van der Waals surface area contributed by atoms with Crippen molar-refractivity contribution in [3.63, 3.8) is 0 Å². The minimum absolute atomic E-state index is 0.728. The molecule has 0 unspecified atom stereocenters. The van der Waals surface area contributed by atoms with Gasteiger partial charge in [0.15, 0.2) is 6.29 Å². The summed E-state index contributed by atoms with van der Waals surface area (Å²) in [5.41, 5.74) is 2.09. The molecular formula is C19H27N5OS. The third-order valence-corrected chi connectivity index (χ3v) is 4.21. The standard InChI is InChI=1S/C11H12N2OS.C8H15N3/c1-7-4-10(13(2)3)9-5-8(6-14)15-11(9)12-7;1-3-10-6-4-5-7-11-8-9-2/h4-6H,1-3H3;3,5,7-8H,4,6H2,1-2H3,(H,9,11)/b;7-5+,10-3?. The molecule has 2 aromatic heterocycles. The maximum absolute atomic E-state index is 10.7. The Balaban J connectivity index is 0.000000276. The van der Waals surface area contributed by atoms with Gasteiger partial charge >= 0.3 is 0 Å². The smallest absolute Gasteiger partial charge is 0.160 e. The van der Waals surface area contributed by atoms with E-state index in [1.807, 2.05) is 63.5 Å². The first-order valence-electron chi connectivity index (χ1n) is 8.33. The van der Waals surface area contributed by atoms with Crippen LogP contribution in [0.15, 0.2) is 34.4 Å². The summed E-state index contributed by atoms with van der Waals surface area (Å²) in [5.74, 6) is 0. The molecule has 0 aliphatic carbocycles. The van der Waals surface area contributed by atoms with E-state index >= 15 is 0 Å². The number of nitrogens with one attached hydrogen (secondary N) is 1. The van der Waals surface area contributed by atoms with Crippen LogP contribution in [0.4, 0.5) is 5.69 Å². The largest absolute Gasteiger partial charge is 0.377 e. The third kappa shape index (κ3) is 7.14. The Bertz CT molecular complexity index is 778. The number of hydrogen-bond acceptors (Lipinski definition) is 6. The maximum Gasteiger partial charge on any atom is 0.160 e. The van der Waals surface area contributed by atoms with Crippen molar-refractivity contribution in [2.45, 2.75) is 20.3 Å². The van der Waals surface area contributed by atoms with E-state index in [-0.39, 0.29) is 0 Å². The second-order valence-corrected chi connectivity index (χ2v) is 6.63. The number of aldehydes is 1. The fourth-order valence-electron chi connectivity index (χ4n) is 2.11. The maximum atomic E-state index is 10.7. The van der Waals surface area contributed by atoms with E-state index in [0.717, 1.165) is 45.7 Å². The van der Waals surface area contributed by atoms with Crippen LogP contribution in [0.1, 0.15) is 28.7 Å². The van der Waals surface area contributed by atoms with Gasteiger partial charge in [-0.15, -0.1) is 11.3 Å². The number of rotatable bonds is 7. The zero-order valence-corrected chi connectivity index (χ0v) is 16.9. The number of anilines is 1. The number of hydrogen-bond donors (Lipinski definition) is 1. The van der Waals surface area contributed by atoms with Gasteiger partial charge in [0.25, 0.3) is 0 Å². The highest BCUT2D eigenvalue weighted by Gasteiger charge is 2.09. The lowest BCUT2D eigenvalue weighted by Gasteiger charge is -2.13. The number of fused-ring (bicyclic) bond motifs is 1. The molecule has 2 rings (SSSR count). The topological polar surface area (TPSA) is 70.0 Å². The van der Waals surface area contributed by atoms with Crippen LogP contribution in [-0.4, -0.2) is 51.5 Å². The minimum atomic E-state index is 0.728. The molecule has 0 atom stereocenters. The molecule has 6 nitrogen and oxygen atoms in total. The molecule has 0 saturated carbocycles. The predicted octanol–water partition coefficient (Wildman–Crippen LogP) is 3.71. The van der Waals surface area contributed by atoms with Crippen LogP contribution in [0.2, 0.25) is 0 Å². The van der Waals surface area contributed by atoms with Crippen molar-refractivity contribution < 1.29 is 4.79 Å². The van der Waals surface area contributed by atoms with E-state index < -0.39 is 0 Å². The SMILES string of the molecule is CC=NCC/C=C/NC=NC.Cc1cc(N(C)C)c2cc(C=O)sc2n1. The third-order valence-electron chi connectivity index (χ3n) is 3.25. The first kappa shape index (κ1) is 21.5. The molecule has 0 aromatic carbocycles. The molecule has 0 radical (unpaired) electrons. The molecule has 0 bridgehead atoms. The summed E-state index contributed by atoms with van der Waals surface area (Å²) in [6.45, 7) is 4.75. The van der Waals surface area contributed by atoms with Crippen LogP contribution in [0.5, 0.6) is 0 Å². The molecule has 0 saturated heterocycles. The van der Waals surface area contributed by atoms with Gasteiger partial charge in [0.1, 0.15) is 4.83 Å². The number of pyridine rings is 1. The van der Waals surface area contributed by atoms with Gasteiger partial charge in [-0.3, -0.25) is 14.8 Å². The summed E-state index contributed by atoms with van der Waals surface area (Å²) in [7, 11) is 5.71. The van der Waals surface area contributed by atoms with E-state index in [1.54, 1.807) is 13.4 Å². The van der Waals surface area contributed by atoms with Gasteiger partial charge in [-0.1, -0.05) is 6.08 Å². The number of carbonyl (C=O) groups is 1. The number of aryl methyl sites for hydroxylation is 1. The van der Waals surface area contributed by atoms with E-state index in [1.165, 1.54) is 11.3 Å². The first-order chi connectivity index (χ1) is 12.5. The Morgan fingerprint density at radius 3 is 2.73 bits per heavy atom. The summed E-state index contributed by atoms with van der Waals surface area (Å²) in [6, 6.07) is 3.93. The summed E-state index contributed by atoms with van der Waals surface area (Å²) in [6.07, 6.45) is 9.18. The number of aliphatic imine (C=N–C) groups is 2. The van der Waals surface area contributed by atoms with Crippen molar-refractivity contribution >= 4 is 46.1 Å². The lowest BCUT2D eigenvalue weighted by atomic mass is 10.2. The average Bonchev–Trinajstić information content (AvgIpc) is 3.03. The van der Waals surface area contributed by atoms with Crippen LogP contribution in [0, 0.1) is 6.92 Å². The van der Waals surface area contributed by atoms with Gasteiger partial charge in [-0.25, -0.2) is 4.98 Å². The molecule has 0 spiro atoms. The molecule has 2 aromatic rings. The molecule has 0 aliphatic rings. The van der Waals surface area contributed by atoms with E-state index in [2.05, 4.69) is 20.3 Å². The molecule has 26 heavy (non-hydrogen) atoms. The Morgan fingerprint density at radius 1 is 1.35 bits per heavy atom. The normalized spacial score (nSPS) is 11.3. The lowest BCUT2D eigenvalue weighted by molar-refractivity contribution is 0.112. The monoisotopic (exact) mass is 373 g/mol. The van der Waals surface area contributed by atoms with Crippen LogP contribution in [0.25, 0.3) is 10.2 Å². The quantitative estimate of drug-likeness (QED) is 0.348. The fraction of sp³-hybridized carbons (Fsp3) is 0.368. The van der Waals surface area contributed by atoms with Crippen molar-refractivity contribution in [1.82, 2.24) is 10.3 Å². The lowest BCUT2D eigenvalue weighted by Crippen LogP contribution is -2.09. The molecule has 2 heterocycles. The van der Waals surface area contributed by atoms with Crippen molar-refractivity contribution in [2.75, 3.05) is 32.6 Å². The van der Waals surface area contributed by atoms with Crippen LogP contribution < -0.4 is 10.2 Å². The molecule has 140 valence electrons. The highest BCUT2D eigenvalue weighted by molar-refractivity contribution is 7.20. The van der Waals surface area contributed by atoms with Gasteiger partial charge in [-0.2, -0.15) is 0 Å². The number of aromatic nitrogens is 1. The fourth-order valence-corrected chi connectivity index (χ4v) is 3.02. The van der Waals surface area contributed by atoms with Gasteiger partial charge in [-0.05, 0) is 44.8 Å². The van der Waals surface area contributed by atoms with Gasteiger partial charge in [0, 0.05) is 44.5 Å². The summed E-state index contributed by atoms with van der Waals surface area (Å²) in [4.78, 5) is 26.6. The molecular weight excluding hydrogens is 346 g/mol. The minimum Gasteiger partial charge on any atom is -0.377 e. The van der Waals surface area contributed by atoms with Crippen LogP contribution in [0.3, 0.4) is 0 Å². The average molecular weight is 374 g/mol.